The molecule has 1 N–H and O–H groups in total. The molecular weight excluding hydrogens is 364 g/mol. The van der Waals surface area contributed by atoms with Gasteiger partial charge < -0.3 is 19.7 Å². The molecule has 1 aliphatic rings. The van der Waals surface area contributed by atoms with Crippen LogP contribution in [-0.4, -0.2) is 49.3 Å². The Hall–Kier alpha value is -1.59. The molecule has 0 aliphatic carbocycles. The maximum atomic E-state index is 12.7. The zero-order valence-corrected chi connectivity index (χ0v) is 18.8. The molecule has 1 amide bonds. The van der Waals surface area contributed by atoms with Crippen molar-refractivity contribution in [2.75, 3.05) is 32.1 Å². The molecule has 5 nitrogen and oxygen atoms in total. The molecule has 0 spiro atoms. The number of hydrogen-bond acceptors (Lipinski definition) is 4. The van der Waals surface area contributed by atoms with E-state index in [0.717, 1.165) is 50.1 Å². The molecule has 0 radical (unpaired) electrons. The van der Waals surface area contributed by atoms with E-state index in [1.807, 2.05) is 31.2 Å². The lowest BCUT2D eigenvalue weighted by atomic mass is 9.97. The Kier molecular flexibility index (Phi) is 9.95. The number of ether oxygens (including phenoxy) is 2. The standard InChI is InChI=1S/C24H40N2O3/c1-5-6-8-16-24(3,28-4)23(27)25-21-12-14-22(15-13-21)29-19-10-18-26-17-9-7-11-20(26)2/h12-15,20H,5-11,16-19H2,1-4H3,(H,25,27)/t20-,24-/m1/s1. The number of unbranched alkanes of at least 4 members (excludes halogenated alkanes) is 2. The first kappa shape index (κ1) is 23.7. The van der Waals surface area contributed by atoms with Crippen LogP contribution in [-0.2, 0) is 9.53 Å². The van der Waals surface area contributed by atoms with Gasteiger partial charge in [-0.15, -0.1) is 0 Å². The molecule has 1 saturated heterocycles. The van der Waals surface area contributed by atoms with Crippen molar-refractivity contribution in [3.05, 3.63) is 24.3 Å². The highest BCUT2D eigenvalue weighted by Gasteiger charge is 2.32. The van der Waals surface area contributed by atoms with E-state index in [0.29, 0.717) is 12.6 Å². The number of nitrogens with zero attached hydrogens (tertiary/aromatic N) is 1. The van der Waals surface area contributed by atoms with Gasteiger partial charge in [-0.25, -0.2) is 0 Å². The second-order valence-corrected chi connectivity index (χ2v) is 8.45. The fraction of sp³-hybridized carbons (Fsp3) is 0.708. The van der Waals surface area contributed by atoms with Gasteiger partial charge in [0.15, 0.2) is 0 Å². The summed E-state index contributed by atoms with van der Waals surface area (Å²) < 4.78 is 11.4. The van der Waals surface area contributed by atoms with Crippen molar-refractivity contribution in [3.8, 4) is 5.75 Å². The Labute approximate surface area is 177 Å². The van der Waals surface area contributed by atoms with E-state index >= 15 is 0 Å². The third kappa shape index (κ3) is 7.63. The molecule has 0 aromatic heterocycles. The van der Waals surface area contributed by atoms with Crippen molar-refractivity contribution in [1.82, 2.24) is 4.90 Å². The quantitative estimate of drug-likeness (QED) is 0.483. The number of carbonyl (C=O) groups excluding carboxylic acids is 1. The zero-order chi connectivity index (χ0) is 21.1. The largest absolute Gasteiger partial charge is 0.494 e. The third-order valence-corrected chi connectivity index (χ3v) is 6.10. The summed E-state index contributed by atoms with van der Waals surface area (Å²) in [4.78, 5) is 15.2. The predicted octanol–water partition coefficient (Wildman–Crippen LogP) is 5.25. The molecule has 5 heteroatoms. The highest BCUT2D eigenvalue weighted by atomic mass is 16.5. The number of likely N-dealkylation sites (tertiary alicyclic amines) is 1. The zero-order valence-electron chi connectivity index (χ0n) is 18.8. The average Bonchev–Trinajstić information content (AvgIpc) is 2.73. The maximum Gasteiger partial charge on any atom is 0.256 e. The molecule has 1 fully saturated rings. The Bertz CT molecular complexity index is 605. The number of piperidine rings is 1. The number of hydrogen-bond donors (Lipinski definition) is 1. The minimum Gasteiger partial charge on any atom is -0.494 e. The lowest BCUT2D eigenvalue weighted by Crippen LogP contribution is -2.41. The summed E-state index contributed by atoms with van der Waals surface area (Å²) in [7, 11) is 1.60. The number of carbonyl (C=O) groups is 1. The Morgan fingerprint density at radius 3 is 2.62 bits per heavy atom. The summed E-state index contributed by atoms with van der Waals surface area (Å²) in [5.74, 6) is 0.743. The van der Waals surface area contributed by atoms with Crippen LogP contribution in [0, 0.1) is 0 Å². The van der Waals surface area contributed by atoms with Gasteiger partial charge in [-0.05, 0) is 70.3 Å². The lowest BCUT2D eigenvalue weighted by molar-refractivity contribution is -0.136. The molecule has 1 heterocycles. The van der Waals surface area contributed by atoms with Gasteiger partial charge in [0, 0.05) is 25.4 Å². The van der Waals surface area contributed by atoms with E-state index in [2.05, 4.69) is 24.1 Å². The van der Waals surface area contributed by atoms with E-state index in [9.17, 15) is 4.79 Å². The van der Waals surface area contributed by atoms with Crippen LogP contribution in [0.25, 0.3) is 0 Å². The molecule has 0 saturated carbocycles. The van der Waals surface area contributed by atoms with Gasteiger partial charge >= 0.3 is 0 Å². The smallest absolute Gasteiger partial charge is 0.256 e. The second-order valence-electron chi connectivity index (χ2n) is 8.45. The SMILES string of the molecule is CCCCC[C@@](C)(OC)C(=O)Nc1ccc(OCCCN2CCCC[C@H]2C)cc1. The Balaban J connectivity index is 1.75. The topological polar surface area (TPSA) is 50.8 Å². The fourth-order valence-corrected chi connectivity index (χ4v) is 3.87. The van der Waals surface area contributed by atoms with E-state index in [-0.39, 0.29) is 5.91 Å². The van der Waals surface area contributed by atoms with Crippen LogP contribution in [0.3, 0.4) is 0 Å². The van der Waals surface area contributed by atoms with Crippen LogP contribution in [0.15, 0.2) is 24.3 Å². The minimum atomic E-state index is -0.796. The van der Waals surface area contributed by atoms with Gasteiger partial charge in [-0.1, -0.05) is 32.6 Å². The van der Waals surface area contributed by atoms with Crippen molar-refractivity contribution in [2.45, 2.75) is 83.8 Å². The van der Waals surface area contributed by atoms with Gasteiger partial charge in [-0.3, -0.25) is 4.79 Å². The van der Waals surface area contributed by atoms with Crippen molar-refractivity contribution in [3.63, 3.8) is 0 Å². The number of benzene rings is 1. The Morgan fingerprint density at radius 1 is 1.21 bits per heavy atom. The van der Waals surface area contributed by atoms with E-state index in [4.69, 9.17) is 9.47 Å². The highest BCUT2D eigenvalue weighted by Crippen LogP contribution is 2.23. The number of amides is 1. The van der Waals surface area contributed by atoms with Crippen LogP contribution >= 0.6 is 0 Å². The number of rotatable bonds is 12. The van der Waals surface area contributed by atoms with Gasteiger partial charge in [0.25, 0.3) is 5.91 Å². The molecule has 2 atom stereocenters. The molecule has 1 aromatic carbocycles. The lowest BCUT2D eigenvalue weighted by Gasteiger charge is -2.33. The summed E-state index contributed by atoms with van der Waals surface area (Å²) in [6.45, 7) is 9.37. The molecular formula is C24H40N2O3. The van der Waals surface area contributed by atoms with Crippen LogP contribution in [0.2, 0.25) is 0 Å². The van der Waals surface area contributed by atoms with Crippen LogP contribution in [0.4, 0.5) is 5.69 Å². The van der Waals surface area contributed by atoms with E-state index < -0.39 is 5.60 Å². The molecule has 0 bridgehead atoms. The predicted molar refractivity (Wildman–Crippen MR) is 120 cm³/mol. The van der Waals surface area contributed by atoms with Gasteiger partial charge in [0.05, 0.1) is 6.61 Å². The minimum absolute atomic E-state index is 0.0968. The molecule has 0 unspecified atom stereocenters. The monoisotopic (exact) mass is 404 g/mol. The molecule has 164 valence electrons. The second kappa shape index (κ2) is 12.2. The van der Waals surface area contributed by atoms with Crippen molar-refractivity contribution in [2.24, 2.45) is 0 Å². The fourth-order valence-electron chi connectivity index (χ4n) is 3.87. The van der Waals surface area contributed by atoms with Crippen molar-refractivity contribution in [1.29, 1.82) is 0 Å². The number of anilines is 1. The highest BCUT2D eigenvalue weighted by molar-refractivity contribution is 5.97. The van der Waals surface area contributed by atoms with Gasteiger partial charge in [0.1, 0.15) is 11.4 Å². The first-order chi connectivity index (χ1) is 14.0. The summed E-state index contributed by atoms with van der Waals surface area (Å²) in [5, 5.41) is 2.98. The molecule has 1 aromatic rings. The van der Waals surface area contributed by atoms with Crippen molar-refractivity contribution < 1.29 is 14.3 Å². The molecule has 1 aliphatic heterocycles. The Morgan fingerprint density at radius 2 is 1.97 bits per heavy atom. The first-order valence-corrected chi connectivity index (χ1v) is 11.3. The summed E-state index contributed by atoms with van der Waals surface area (Å²) in [6.07, 6.45) is 8.96. The van der Waals surface area contributed by atoms with Gasteiger partial charge in [0.2, 0.25) is 0 Å². The third-order valence-electron chi connectivity index (χ3n) is 6.10. The molecule has 2 rings (SSSR count). The summed E-state index contributed by atoms with van der Waals surface area (Å²) in [5.41, 5.74) is -0.0288. The normalized spacial score (nSPS) is 19.5. The van der Waals surface area contributed by atoms with Crippen LogP contribution in [0.5, 0.6) is 5.75 Å². The summed E-state index contributed by atoms with van der Waals surface area (Å²) in [6, 6.07) is 8.32. The number of methoxy groups -OCH3 is 1. The van der Waals surface area contributed by atoms with Crippen molar-refractivity contribution >= 4 is 11.6 Å². The number of nitrogens with one attached hydrogen (secondary N) is 1. The van der Waals surface area contributed by atoms with E-state index in [1.165, 1.54) is 25.8 Å². The maximum absolute atomic E-state index is 12.7. The molecule has 29 heavy (non-hydrogen) atoms. The van der Waals surface area contributed by atoms with E-state index in [1.54, 1.807) is 7.11 Å². The van der Waals surface area contributed by atoms with Gasteiger partial charge in [-0.2, -0.15) is 0 Å². The van der Waals surface area contributed by atoms with Crippen LogP contribution < -0.4 is 10.1 Å². The first-order valence-electron chi connectivity index (χ1n) is 11.3. The average molecular weight is 405 g/mol. The summed E-state index contributed by atoms with van der Waals surface area (Å²) >= 11 is 0. The van der Waals surface area contributed by atoms with Crippen LogP contribution in [0.1, 0.15) is 72.1 Å².